The lowest BCUT2D eigenvalue weighted by Crippen LogP contribution is -2.14. The minimum Gasteiger partial charge on any atom is -0.384 e. The summed E-state index contributed by atoms with van der Waals surface area (Å²) >= 11 is 0. The molecule has 0 bridgehead atoms. The van der Waals surface area contributed by atoms with Crippen LogP contribution < -0.4 is 5.73 Å². The van der Waals surface area contributed by atoms with Crippen molar-refractivity contribution in [3.63, 3.8) is 0 Å². The maximum atomic E-state index is 6.10. The van der Waals surface area contributed by atoms with Gasteiger partial charge in [-0.3, -0.25) is 0 Å². The number of hydrogen-bond donors (Lipinski definition) is 2. The Morgan fingerprint density at radius 3 is 2.67 bits per heavy atom. The first-order valence-corrected chi connectivity index (χ1v) is 10.9. The van der Waals surface area contributed by atoms with E-state index in [2.05, 4.69) is 75.0 Å². The third-order valence-electron chi connectivity index (χ3n) is 6.47. The Balaban J connectivity index is 1.36. The highest BCUT2D eigenvalue weighted by atomic mass is 15.3. The van der Waals surface area contributed by atoms with Gasteiger partial charge in [-0.2, -0.15) is 10.3 Å². The zero-order valence-corrected chi connectivity index (χ0v) is 17.1. The SMILES string of the molecule is Nc1cc(C(CCCC2CCc3ccccc3C2)c2ccccc2)c2n[nH]nc2n1. The number of aromatic amines is 1. The Morgan fingerprint density at radius 1 is 1.00 bits per heavy atom. The van der Waals surface area contributed by atoms with Gasteiger partial charge in [0.15, 0.2) is 0 Å². The van der Waals surface area contributed by atoms with Gasteiger partial charge in [0.1, 0.15) is 11.3 Å². The number of aryl methyl sites for hydroxylation is 1. The first kappa shape index (κ1) is 18.8. The van der Waals surface area contributed by atoms with Gasteiger partial charge in [0, 0.05) is 5.92 Å². The number of H-pyrrole nitrogens is 1. The van der Waals surface area contributed by atoms with Crippen LogP contribution >= 0.6 is 0 Å². The molecule has 2 unspecified atom stereocenters. The van der Waals surface area contributed by atoms with E-state index >= 15 is 0 Å². The van der Waals surface area contributed by atoms with Crippen molar-refractivity contribution >= 4 is 17.0 Å². The summed E-state index contributed by atoms with van der Waals surface area (Å²) in [5.74, 6) is 1.50. The molecule has 1 aliphatic carbocycles. The van der Waals surface area contributed by atoms with Gasteiger partial charge >= 0.3 is 0 Å². The van der Waals surface area contributed by atoms with Gasteiger partial charge in [0.2, 0.25) is 5.65 Å². The highest BCUT2D eigenvalue weighted by Crippen LogP contribution is 2.35. The Hall–Kier alpha value is -3.21. The second-order valence-corrected chi connectivity index (χ2v) is 8.40. The fourth-order valence-electron chi connectivity index (χ4n) is 4.96. The van der Waals surface area contributed by atoms with E-state index in [1.54, 1.807) is 5.56 Å². The van der Waals surface area contributed by atoms with E-state index in [-0.39, 0.29) is 5.92 Å². The maximum Gasteiger partial charge on any atom is 0.203 e. The molecule has 5 nitrogen and oxygen atoms in total. The van der Waals surface area contributed by atoms with Crippen LogP contribution in [0.1, 0.15) is 53.9 Å². The van der Waals surface area contributed by atoms with E-state index in [0.717, 1.165) is 23.4 Å². The maximum absolute atomic E-state index is 6.10. The molecular weight excluding hydrogens is 370 g/mol. The molecule has 3 N–H and O–H groups in total. The third kappa shape index (κ3) is 3.80. The van der Waals surface area contributed by atoms with Gasteiger partial charge in [0.25, 0.3) is 0 Å². The molecule has 2 aromatic heterocycles. The number of nitrogens with zero attached hydrogens (tertiary/aromatic N) is 3. The van der Waals surface area contributed by atoms with Crippen molar-refractivity contribution in [1.29, 1.82) is 0 Å². The predicted molar refractivity (Wildman–Crippen MR) is 120 cm³/mol. The summed E-state index contributed by atoms with van der Waals surface area (Å²) in [6.45, 7) is 0. The average molecular weight is 398 g/mol. The summed E-state index contributed by atoms with van der Waals surface area (Å²) in [6, 6.07) is 21.6. The molecule has 30 heavy (non-hydrogen) atoms. The van der Waals surface area contributed by atoms with Crippen LogP contribution in [-0.4, -0.2) is 20.4 Å². The monoisotopic (exact) mass is 397 g/mol. The van der Waals surface area contributed by atoms with Crippen molar-refractivity contribution in [2.75, 3.05) is 5.73 Å². The van der Waals surface area contributed by atoms with Crippen LogP contribution in [0.4, 0.5) is 5.82 Å². The molecule has 0 fully saturated rings. The summed E-state index contributed by atoms with van der Waals surface area (Å²) in [5.41, 5.74) is 13.0. The van der Waals surface area contributed by atoms with Crippen LogP contribution in [-0.2, 0) is 12.8 Å². The Labute approximate surface area is 176 Å². The van der Waals surface area contributed by atoms with Crippen molar-refractivity contribution in [1.82, 2.24) is 20.4 Å². The molecule has 0 aliphatic heterocycles. The molecule has 1 aliphatic rings. The fraction of sp³-hybridized carbons (Fsp3) is 0.320. The van der Waals surface area contributed by atoms with Crippen molar-refractivity contribution in [3.8, 4) is 0 Å². The van der Waals surface area contributed by atoms with Gasteiger partial charge in [0.05, 0.1) is 0 Å². The summed E-state index contributed by atoms with van der Waals surface area (Å²) in [4.78, 5) is 4.32. The van der Waals surface area contributed by atoms with E-state index < -0.39 is 0 Å². The number of nitrogens with two attached hydrogens (primary N) is 1. The third-order valence-corrected chi connectivity index (χ3v) is 6.47. The molecule has 2 aromatic carbocycles. The normalized spacial score (nSPS) is 17.0. The van der Waals surface area contributed by atoms with E-state index in [0.29, 0.717) is 11.5 Å². The molecule has 5 rings (SSSR count). The average Bonchev–Trinajstić information content (AvgIpc) is 3.25. The lowest BCUT2D eigenvalue weighted by molar-refractivity contribution is 0.405. The van der Waals surface area contributed by atoms with Gasteiger partial charge in [-0.05, 0) is 59.9 Å². The number of nitrogen functional groups attached to an aromatic ring is 1. The largest absolute Gasteiger partial charge is 0.384 e. The minimum atomic E-state index is 0.236. The molecule has 152 valence electrons. The van der Waals surface area contributed by atoms with Crippen LogP contribution in [0.5, 0.6) is 0 Å². The summed E-state index contributed by atoms with van der Waals surface area (Å²) in [5, 5.41) is 11.2. The minimum absolute atomic E-state index is 0.236. The number of fused-ring (bicyclic) bond motifs is 2. The van der Waals surface area contributed by atoms with E-state index in [1.807, 2.05) is 6.07 Å². The Bertz CT molecular complexity index is 1130. The van der Waals surface area contributed by atoms with Crippen molar-refractivity contribution < 1.29 is 0 Å². The molecular formula is C25H27N5. The second-order valence-electron chi connectivity index (χ2n) is 8.40. The van der Waals surface area contributed by atoms with Crippen molar-refractivity contribution in [3.05, 3.63) is 82.9 Å². The Kier molecular flexibility index (Phi) is 5.18. The number of rotatable bonds is 6. The standard InChI is InChI=1S/C25H27N5/c26-23-16-22(24-25(27-23)29-30-28-24)21(19-9-2-1-3-10-19)12-6-7-17-13-14-18-8-4-5-11-20(18)15-17/h1-5,8-11,16-17,21H,6-7,12-15H2,(H3,26,27,28,29,30). The van der Waals surface area contributed by atoms with Crippen LogP contribution in [0.15, 0.2) is 60.7 Å². The first-order valence-electron chi connectivity index (χ1n) is 10.9. The predicted octanol–water partition coefficient (Wildman–Crippen LogP) is 5.04. The number of anilines is 1. The zero-order chi connectivity index (χ0) is 20.3. The van der Waals surface area contributed by atoms with Gasteiger partial charge in [-0.25, -0.2) is 4.98 Å². The topological polar surface area (TPSA) is 80.5 Å². The molecule has 0 saturated heterocycles. The number of aromatic nitrogens is 4. The summed E-state index contributed by atoms with van der Waals surface area (Å²) in [6.07, 6.45) is 7.20. The summed E-state index contributed by atoms with van der Waals surface area (Å²) < 4.78 is 0. The van der Waals surface area contributed by atoms with Gasteiger partial charge < -0.3 is 5.73 Å². The number of hydrogen-bond acceptors (Lipinski definition) is 4. The van der Waals surface area contributed by atoms with Crippen molar-refractivity contribution in [2.45, 2.75) is 44.4 Å². The van der Waals surface area contributed by atoms with Gasteiger partial charge in [-0.15, -0.1) is 5.10 Å². The molecule has 2 atom stereocenters. The lowest BCUT2D eigenvalue weighted by atomic mass is 9.80. The molecule has 4 aromatic rings. The first-order chi connectivity index (χ1) is 14.8. The molecule has 0 spiro atoms. The highest BCUT2D eigenvalue weighted by molar-refractivity contribution is 5.77. The van der Waals surface area contributed by atoms with Gasteiger partial charge in [-0.1, -0.05) is 67.4 Å². The zero-order valence-electron chi connectivity index (χ0n) is 17.1. The number of pyridine rings is 1. The smallest absolute Gasteiger partial charge is 0.203 e. The van der Waals surface area contributed by atoms with E-state index in [1.165, 1.54) is 43.2 Å². The van der Waals surface area contributed by atoms with E-state index in [9.17, 15) is 0 Å². The van der Waals surface area contributed by atoms with Crippen LogP contribution in [0.3, 0.4) is 0 Å². The van der Waals surface area contributed by atoms with Crippen molar-refractivity contribution in [2.24, 2.45) is 5.92 Å². The molecule has 0 radical (unpaired) electrons. The quantitative estimate of drug-likeness (QED) is 0.477. The molecule has 0 amide bonds. The lowest BCUT2D eigenvalue weighted by Gasteiger charge is -2.25. The second kappa shape index (κ2) is 8.27. The Morgan fingerprint density at radius 2 is 1.80 bits per heavy atom. The summed E-state index contributed by atoms with van der Waals surface area (Å²) in [7, 11) is 0. The molecule has 5 heteroatoms. The van der Waals surface area contributed by atoms with Crippen LogP contribution in [0.2, 0.25) is 0 Å². The van der Waals surface area contributed by atoms with E-state index in [4.69, 9.17) is 5.73 Å². The number of benzene rings is 2. The van der Waals surface area contributed by atoms with Crippen LogP contribution in [0.25, 0.3) is 11.2 Å². The number of nitrogens with one attached hydrogen (secondary N) is 1. The highest BCUT2D eigenvalue weighted by Gasteiger charge is 2.22. The molecule has 2 heterocycles. The molecule has 0 saturated carbocycles. The van der Waals surface area contributed by atoms with Crippen LogP contribution in [0, 0.1) is 5.92 Å². The fourth-order valence-corrected chi connectivity index (χ4v) is 4.96.